The number of hydrogen-bond donors (Lipinski definition) is 2. The molecule has 78 valence electrons. The molecule has 0 aliphatic rings. The summed E-state index contributed by atoms with van der Waals surface area (Å²) in [7, 11) is 1.96. The first-order valence-electron chi connectivity index (χ1n) is 4.96. The molecular weight excluding hydrogens is 174 g/mol. The van der Waals surface area contributed by atoms with Crippen LogP contribution in [0.1, 0.15) is 19.4 Å². The normalized spacial score (nSPS) is 11.6. The molecule has 2 nitrogen and oxygen atoms in total. The van der Waals surface area contributed by atoms with Crippen LogP contribution in [0.2, 0.25) is 0 Å². The third-order valence-corrected chi connectivity index (χ3v) is 2.25. The van der Waals surface area contributed by atoms with Crippen LogP contribution in [0.15, 0.2) is 24.3 Å². The van der Waals surface area contributed by atoms with Gasteiger partial charge < -0.3 is 10.4 Å². The van der Waals surface area contributed by atoms with Crippen molar-refractivity contribution in [2.75, 3.05) is 13.6 Å². The molecule has 14 heavy (non-hydrogen) atoms. The van der Waals surface area contributed by atoms with E-state index in [-0.39, 0.29) is 5.41 Å². The van der Waals surface area contributed by atoms with E-state index in [4.69, 9.17) is 0 Å². The van der Waals surface area contributed by atoms with Crippen LogP contribution in [-0.2, 0) is 6.42 Å². The predicted octanol–water partition coefficient (Wildman–Crippen LogP) is 2.18. The van der Waals surface area contributed by atoms with Crippen molar-refractivity contribution >= 4 is 0 Å². The summed E-state index contributed by atoms with van der Waals surface area (Å²) in [5.41, 5.74) is 1.41. The molecule has 0 aromatic heterocycles. The van der Waals surface area contributed by atoms with E-state index in [1.807, 2.05) is 19.2 Å². The van der Waals surface area contributed by atoms with E-state index in [1.54, 1.807) is 6.07 Å². The third-order valence-electron chi connectivity index (χ3n) is 2.25. The van der Waals surface area contributed by atoms with Crippen molar-refractivity contribution in [3.8, 4) is 5.75 Å². The summed E-state index contributed by atoms with van der Waals surface area (Å²) in [4.78, 5) is 0. The van der Waals surface area contributed by atoms with Crippen LogP contribution in [0.4, 0.5) is 0 Å². The molecule has 0 unspecified atom stereocenters. The molecule has 1 aromatic carbocycles. The highest BCUT2D eigenvalue weighted by Crippen LogP contribution is 2.22. The molecule has 1 rings (SSSR count). The Morgan fingerprint density at radius 3 is 2.64 bits per heavy atom. The highest BCUT2D eigenvalue weighted by Gasteiger charge is 2.17. The summed E-state index contributed by atoms with van der Waals surface area (Å²) >= 11 is 0. The van der Waals surface area contributed by atoms with E-state index >= 15 is 0 Å². The molecule has 1 aromatic rings. The van der Waals surface area contributed by atoms with Crippen LogP contribution in [-0.4, -0.2) is 18.7 Å². The second kappa shape index (κ2) is 4.47. The Bertz CT molecular complexity index is 294. The largest absolute Gasteiger partial charge is 0.508 e. The fourth-order valence-corrected chi connectivity index (χ4v) is 1.76. The molecule has 2 heteroatoms. The Labute approximate surface area is 86.0 Å². The summed E-state index contributed by atoms with van der Waals surface area (Å²) in [5, 5.41) is 12.5. The van der Waals surface area contributed by atoms with E-state index in [0.717, 1.165) is 13.0 Å². The average Bonchev–Trinajstić information content (AvgIpc) is 2.02. The molecule has 0 aliphatic heterocycles. The van der Waals surface area contributed by atoms with Crippen molar-refractivity contribution in [1.82, 2.24) is 5.32 Å². The van der Waals surface area contributed by atoms with E-state index in [2.05, 4.69) is 25.2 Å². The first-order chi connectivity index (χ1) is 6.53. The Morgan fingerprint density at radius 1 is 1.36 bits per heavy atom. The summed E-state index contributed by atoms with van der Waals surface area (Å²) in [6, 6.07) is 7.48. The van der Waals surface area contributed by atoms with Crippen LogP contribution < -0.4 is 5.32 Å². The van der Waals surface area contributed by atoms with E-state index in [9.17, 15) is 5.11 Å². The van der Waals surface area contributed by atoms with Crippen molar-refractivity contribution in [3.63, 3.8) is 0 Å². The smallest absolute Gasteiger partial charge is 0.115 e. The third kappa shape index (κ3) is 3.38. The van der Waals surface area contributed by atoms with Crippen LogP contribution >= 0.6 is 0 Å². The Balaban J connectivity index is 2.68. The summed E-state index contributed by atoms with van der Waals surface area (Å²) in [5.74, 6) is 0.350. The number of benzene rings is 1. The molecule has 0 bridgehead atoms. The number of nitrogens with one attached hydrogen (secondary N) is 1. The fraction of sp³-hybridized carbons (Fsp3) is 0.500. The summed E-state index contributed by atoms with van der Waals surface area (Å²) in [6.07, 6.45) is 0.974. The maximum absolute atomic E-state index is 9.32. The van der Waals surface area contributed by atoms with Crippen LogP contribution in [0.25, 0.3) is 0 Å². The minimum atomic E-state index is 0.225. The molecule has 0 saturated carbocycles. The zero-order valence-corrected chi connectivity index (χ0v) is 9.17. The number of phenols is 1. The number of hydrogen-bond acceptors (Lipinski definition) is 2. The van der Waals surface area contributed by atoms with E-state index in [1.165, 1.54) is 5.56 Å². The maximum atomic E-state index is 9.32. The maximum Gasteiger partial charge on any atom is 0.115 e. The fourth-order valence-electron chi connectivity index (χ4n) is 1.76. The van der Waals surface area contributed by atoms with Crippen molar-refractivity contribution in [3.05, 3.63) is 29.8 Å². The minimum absolute atomic E-state index is 0.225. The lowest BCUT2D eigenvalue weighted by atomic mass is 9.86. The first-order valence-corrected chi connectivity index (χ1v) is 4.96. The van der Waals surface area contributed by atoms with Gasteiger partial charge in [-0.25, -0.2) is 0 Å². The molecule has 0 aliphatic carbocycles. The second-order valence-corrected chi connectivity index (χ2v) is 4.54. The topological polar surface area (TPSA) is 32.3 Å². The molecule has 2 N–H and O–H groups in total. The Morgan fingerprint density at radius 2 is 2.07 bits per heavy atom. The van der Waals surface area contributed by atoms with Crippen molar-refractivity contribution < 1.29 is 5.11 Å². The lowest BCUT2D eigenvalue weighted by Crippen LogP contribution is -2.28. The van der Waals surface area contributed by atoms with Gasteiger partial charge in [-0.15, -0.1) is 0 Å². The first kappa shape index (κ1) is 11.1. The summed E-state index contributed by atoms with van der Waals surface area (Å²) in [6.45, 7) is 5.41. The predicted molar refractivity (Wildman–Crippen MR) is 59.5 cm³/mol. The van der Waals surface area contributed by atoms with Gasteiger partial charge in [-0.2, -0.15) is 0 Å². The second-order valence-electron chi connectivity index (χ2n) is 4.54. The van der Waals surface area contributed by atoms with Gasteiger partial charge in [0.2, 0.25) is 0 Å². The van der Waals surface area contributed by atoms with Crippen LogP contribution in [0.5, 0.6) is 5.75 Å². The molecule has 0 atom stereocenters. The van der Waals surface area contributed by atoms with Gasteiger partial charge in [0, 0.05) is 6.54 Å². The van der Waals surface area contributed by atoms with Gasteiger partial charge in [0.05, 0.1) is 0 Å². The number of aromatic hydroxyl groups is 1. The Kier molecular flexibility index (Phi) is 3.53. The zero-order valence-electron chi connectivity index (χ0n) is 9.17. The molecule has 0 amide bonds. The standard InChI is InChI=1S/C12H19NO/c1-12(2,9-13-3)8-10-5-4-6-11(14)7-10/h4-7,13-14H,8-9H2,1-3H3. The minimum Gasteiger partial charge on any atom is -0.508 e. The number of rotatable bonds is 4. The lowest BCUT2D eigenvalue weighted by molar-refractivity contribution is 0.349. The van der Waals surface area contributed by atoms with Gasteiger partial charge in [-0.05, 0) is 36.6 Å². The average molecular weight is 193 g/mol. The Hall–Kier alpha value is -1.02. The molecular formula is C12H19NO. The van der Waals surface area contributed by atoms with Gasteiger partial charge in [-0.3, -0.25) is 0 Å². The van der Waals surface area contributed by atoms with E-state index in [0.29, 0.717) is 5.75 Å². The van der Waals surface area contributed by atoms with Gasteiger partial charge >= 0.3 is 0 Å². The highest BCUT2D eigenvalue weighted by molar-refractivity contribution is 5.27. The van der Waals surface area contributed by atoms with Gasteiger partial charge in [0.15, 0.2) is 0 Å². The molecule has 0 saturated heterocycles. The molecule has 0 fully saturated rings. The van der Waals surface area contributed by atoms with E-state index < -0.39 is 0 Å². The molecule has 0 heterocycles. The lowest BCUT2D eigenvalue weighted by Gasteiger charge is -2.24. The van der Waals surface area contributed by atoms with Crippen LogP contribution in [0.3, 0.4) is 0 Å². The zero-order chi connectivity index (χ0) is 10.6. The van der Waals surface area contributed by atoms with Crippen molar-refractivity contribution in [2.45, 2.75) is 20.3 Å². The van der Waals surface area contributed by atoms with Gasteiger partial charge in [-0.1, -0.05) is 26.0 Å². The number of phenolic OH excluding ortho intramolecular Hbond substituents is 1. The SMILES string of the molecule is CNCC(C)(C)Cc1cccc(O)c1. The summed E-state index contributed by atoms with van der Waals surface area (Å²) < 4.78 is 0. The van der Waals surface area contributed by atoms with Crippen molar-refractivity contribution in [1.29, 1.82) is 0 Å². The highest BCUT2D eigenvalue weighted by atomic mass is 16.3. The molecule has 0 spiro atoms. The van der Waals surface area contributed by atoms with Crippen LogP contribution in [0, 0.1) is 5.41 Å². The quantitative estimate of drug-likeness (QED) is 0.768. The van der Waals surface area contributed by atoms with Gasteiger partial charge in [0.1, 0.15) is 5.75 Å². The monoisotopic (exact) mass is 193 g/mol. The van der Waals surface area contributed by atoms with Crippen molar-refractivity contribution in [2.24, 2.45) is 5.41 Å². The van der Waals surface area contributed by atoms with Gasteiger partial charge in [0.25, 0.3) is 0 Å². The molecule has 0 radical (unpaired) electrons.